The molecular weight excluding hydrogens is 286 g/mol. The van der Waals surface area contributed by atoms with E-state index in [0.29, 0.717) is 10.7 Å². The van der Waals surface area contributed by atoms with Crippen LogP contribution in [0.3, 0.4) is 0 Å². The van der Waals surface area contributed by atoms with Crippen molar-refractivity contribution in [1.82, 2.24) is 5.43 Å². The molecule has 0 aromatic heterocycles. The van der Waals surface area contributed by atoms with Crippen LogP contribution in [0, 0.1) is 0 Å². The molecule has 21 heavy (non-hydrogen) atoms. The smallest absolute Gasteiger partial charge is 0.337 e. The molecule has 0 radical (unpaired) electrons. The van der Waals surface area contributed by atoms with Crippen molar-refractivity contribution in [3.05, 3.63) is 29.8 Å². The first-order valence-electron chi connectivity index (χ1n) is 7.00. The summed E-state index contributed by atoms with van der Waals surface area (Å²) in [4.78, 5) is 11.3. The maximum absolute atomic E-state index is 11.3. The van der Waals surface area contributed by atoms with Crippen LogP contribution in [0.1, 0.15) is 42.5 Å². The Morgan fingerprint density at radius 3 is 2.48 bits per heavy atom. The molecule has 2 rings (SSSR count). The molecule has 0 heterocycles. The Hall–Kier alpha value is -1.95. The number of methoxy groups -OCH3 is 1. The third-order valence-corrected chi connectivity index (χ3v) is 3.50. The normalized spacial score (nSPS) is 14.2. The van der Waals surface area contributed by atoms with Gasteiger partial charge in [0, 0.05) is 11.4 Å². The number of carbonyl (C=O) groups is 1. The second-order valence-corrected chi connectivity index (χ2v) is 5.28. The van der Waals surface area contributed by atoms with Gasteiger partial charge in [-0.2, -0.15) is 5.10 Å². The molecule has 0 bridgehead atoms. The number of nitrogens with zero attached hydrogens (tertiary/aromatic N) is 1. The minimum absolute atomic E-state index is 0.356. The summed E-state index contributed by atoms with van der Waals surface area (Å²) in [7, 11) is 1.36. The van der Waals surface area contributed by atoms with Gasteiger partial charge in [-0.05, 0) is 62.2 Å². The van der Waals surface area contributed by atoms with E-state index in [1.54, 1.807) is 24.3 Å². The molecule has 2 N–H and O–H groups in total. The van der Waals surface area contributed by atoms with Crippen LogP contribution in [0.15, 0.2) is 29.4 Å². The van der Waals surface area contributed by atoms with Crippen LogP contribution in [0.4, 0.5) is 5.69 Å². The number of benzene rings is 1. The van der Waals surface area contributed by atoms with Gasteiger partial charge in [-0.3, -0.25) is 5.43 Å². The fraction of sp³-hybridized carbons (Fsp3) is 0.400. The van der Waals surface area contributed by atoms with Gasteiger partial charge in [0.2, 0.25) is 0 Å². The largest absolute Gasteiger partial charge is 0.465 e. The molecule has 0 saturated heterocycles. The van der Waals surface area contributed by atoms with E-state index in [1.165, 1.54) is 32.1 Å². The van der Waals surface area contributed by atoms with Gasteiger partial charge in [0.05, 0.1) is 12.7 Å². The van der Waals surface area contributed by atoms with Crippen LogP contribution in [0.5, 0.6) is 0 Å². The van der Waals surface area contributed by atoms with E-state index in [9.17, 15) is 4.79 Å². The number of nitrogens with one attached hydrogen (secondary N) is 2. The Morgan fingerprint density at radius 1 is 1.19 bits per heavy atom. The van der Waals surface area contributed by atoms with Crippen molar-refractivity contribution < 1.29 is 9.53 Å². The van der Waals surface area contributed by atoms with Crippen molar-refractivity contribution >= 4 is 34.7 Å². The lowest BCUT2D eigenvalue weighted by molar-refractivity contribution is 0.0601. The lowest BCUT2D eigenvalue weighted by Crippen LogP contribution is -2.25. The van der Waals surface area contributed by atoms with E-state index in [2.05, 4.69) is 20.6 Å². The summed E-state index contributed by atoms with van der Waals surface area (Å²) in [6, 6.07) is 6.91. The summed E-state index contributed by atoms with van der Waals surface area (Å²) in [5.41, 5.74) is 5.34. The van der Waals surface area contributed by atoms with Crippen molar-refractivity contribution in [1.29, 1.82) is 0 Å². The van der Waals surface area contributed by atoms with E-state index < -0.39 is 0 Å². The van der Waals surface area contributed by atoms with Gasteiger partial charge >= 0.3 is 5.97 Å². The van der Waals surface area contributed by atoms with Gasteiger partial charge in [-0.1, -0.05) is 6.42 Å². The molecule has 0 unspecified atom stereocenters. The topological polar surface area (TPSA) is 62.7 Å². The zero-order valence-corrected chi connectivity index (χ0v) is 12.8. The lowest BCUT2D eigenvalue weighted by atomic mass is 9.99. The highest BCUT2D eigenvalue weighted by atomic mass is 32.1. The highest BCUT2D eigenvalue weighted by molar-refractivity contribution is 7.80. The number of thiocarbonyl (C=S) groups is 1. The molecule has 6 heteroatoms. The molecule has 1 fully saturated rings. The van der Waals surface area contributed by atoms with Gasteiger partial charge in [0.25, 0.3) is 0 Å². The maximum Gasteiger partial charge on any atom is 0.337 e. The molecule has 1 aliphatic carbocycles. The summed E-state index contributed by atoms with van der Waals surface area (Å²) in [6.07, 6.45) is 5.78. The van der Waals surface area contributed by atoms with Crippen LogP contribution in [-0.4, -0.2) is 23.9 Å². The minimum atomic E-state index is -0.356. The second-order valence-electron chi connectivity index (χ2n) is 4.87. The Morgan fingerprint density at radius 2 is 1.86 bits per heavy atom. The Balaban J connectivity index is 1.86. The first kappa shape index (κ1) is 15.4. The number of hydrogen-bond acceptors (Lipinski definition) is 4. The molecule has 112 valence electrons. The van der Waals surface area contributed by atoms with Crippen LogP contribution in [0.25, 0.3) is 0 Å². The number of ether oxygens (including phenoxy) is 1. The molecule has 1 aromatic rings. The molecule has 1 saturated carbocycles. The van der Waals surface area contributed by atoms with Crippen LogP contribution < -0.4 is 10.7 Å². The van der Waals surface area contributed by atoms with E-state index in [-0.39, 0.29) is 5.97 Å². The molecule has 0 atom stereocenters. The maximum atomic E-state index is 11.3. The van der Waals surface area contributed by atoms with Crippen LogP contribution >= 0.6 is 12.2 Å². The molecule has 0 amide bonds. The van der Waals surface area contributed by atoms with Crippen molar-refractivity contribution in [3.8, 4) is 0 Å². The van der Waals surface area contributed by atoms with Crippen molar-refractivity contribution in [2.24, 2.45) is 5.10 Å². The molecule has 1 aromatic carbocycles. The highest BCUT2D eigenvalue weighted by Crippen LogP contribution is 2.14. The second kappa shape index (κ2) is 7.73. The average Bonchev–Trinajstić information content (AvgIpc) is 2.54. The third kappa shape index (κ3) is 4.82. The fourth-order valence-corrected chi connectivity index (χ4v) is 2.33. The highest BCUT2D eigenvalue weighted by Gasteiger charge is 2.07. The summed E-state index contributed by atoms with van der Waals surface area (Å²) >= 11 is 5.19. The number of hydrogen-bond donors (Lipinski definition) is 2. The Labute approximate surface area is 129 Å². The summed E-state index contributed by atoms with van der Waals surface area (Å²) in [5.74, 6) is -0.356. The zero-order chi connectivity index (χ0) is 15.1. The molecule has 0 aliphatic heterocycles. The summed E-state index contributed by atoms with van der Waals surface area (Å²) in [6.45, 7) is 0. The summed E-state index contributed by atoms with van der Waals surface area (Å²) in [5, 5.41) is 7.80. The number of anilines is 1. The number of hydrazone groups is 1. The van der Waals surface area contributed by atoms with E-state index >= 15 is 0 Å². The van der Waals surface area contributed by atoms with Crippen LogP contribution in [0.2, 0.25) is 0 Å². The third-order valence-electron chi connectivity index (χ3n) is 3.31. The predicted molar refractivity (Wildman–Crippen MR) is 87.7 cm³/mol. The lowest BCUT2D eigenvalue weighted by Gasteiger charge is -2.13. The fourth-order valence-electron chi connectivity index (χ4n) is 2.17. The van der Waals surface area contributed by atoms with E-state index in [1.807, 2.05) is 0 Å². The average molecular weight is 305 g/mol. The minimum Gasteiger partial charge on any atom is -0.465 e. The van der Waals surface area contributed by atoms with Crippen molar-refractivity contribution in [2.75, 3.05) is 12.4 Å². The van der Waals surface area contributed by atoms with Gasteiger partial charge in [0.1, 0.15) is 0 Å². The first-order chi connectivity index (χ1) is 10.2. The quantitative estimate of drug-likeness (QED) is 0.510. The van der Waals surface area contributed by atoms with E-state index in [0.717, 1.165) is 18.5 Å². The zero-order valence-electron chi connectivity index (χ0n) is 12.0. The number of carbonyl (C=O) groups excluding carboxylic acids is 1. The molecule has 1 aliphatic rings. The first-order valence-corrected chi connectivity index (χ1v) is 7.40. The van der Waals surface area contributed by atoms with E-state index in [4.69, 9.17) is 12.2 Å². The van der Waals surface area contributed by atoms with Gasteiger partial charge in [-0.25, -0.2) is 4.79 Å². The monoisotopic (exact) mass is 305 g/mol. The van der Waals surface area contributed by atoms with Gasteiger partial charge in [0.15, 0.2) is 5.11 Å². The number of esters is 1. The van der Waals surface area contributed by atoms with Crippen molar-refractivity contribution in [3.63, 3.8) is 0 Å². The molecular formula is C15H19N3O2S. The van der Waals surface area contributed by atoms with Crippen LogP contribution in [-0.2, 0) is 4.74 Å². The number of rotatable bonds is 3. The Kier molecular flexibility index (Phi) is 5.68. The standard InChI is InChI=1S/C15H19N3O2S/c1-20-14(19)11-7-9-12(10-8-11)16-15(21)18-17-13-5-3-2-4-6-13/h7-10H,2-6H2,1H3,(H2,16,18,21). The van der Waals surface area contributed by atoms with Gasteiger partial charge < -0.3 is 10.1 Å². The van der Waals surface area contributed by atoms with Gasteiger partial charge in [-0.15, -0.1) is 0 Å². The predicted octanol–water partition coefficient (Wildman–Crippen LogP) is 3.08. The molecule has 0 spiro atoms. The Bertz CT molecular complexity index is 532. The summed E-state index contributed by atoms with van der Waals surface area (Å²) < 4.78 is 4.65. The SMILES string of the molecule is COC(=O)c1ccc(NC(=S)NN=C2CCCCC2)cc1. The van der Waals surface area contributed by atoms with Crippen molar-refractivity contribution in [2.45, 2.75) is 32.1 Å². The molecule has 5 nitrogen and oxygen atoms in total.